The molecule has 0 spiro atoms. The molecule has 342 valence electrons. The number of hydrogen-bond acceptors (Lipinski definition) is 13. The number of nitrogens with one attached hydrogen (secondary N) is 3. The molecular weight excluding hydrogens is 873 g/mol. The van der Waals surface area contributed by atoms with Gasteiger partial charge in [-0.1, -0.05) is 45.0 Å². The van der Waals surface area contributed by atoms with Crippen LogP contribution in [0.3, 0.4) is 0 Å². The van der Waals surface area contributed by atoms with Crippen molar-refractivity contribution in [2.24, 2.45) is 11.1 Å². The van der Waals surface area contributed by atoms with E-state index in [1.54, 1.807) is 20.8 Å². The maximum Gasteiger partial charge on any atom is 0.264 e. The average Bonchev–Trinajstić information content (AvgIpc) is 3.81. The van der Waals surface area contributed by atoms with Crippen LogP contribution in [0.1, 0.15) is 134 Å². The number of nitrogens with zero attached hydrogens (tertiary/aromatic N) is 4. The summed E-state index contributed by atoms with van der Waals surface area (Å²) in [5, 5.41) is 6.46. The first kappa shape index (κ1) is 44.0. The van der Waals surface area contributed by atoms with Crippen LogP contribution in [0.15, 0.2) is 54.6 Å². The van der Waals surface area contributed by atoms with E-state index >= 15 is 4.79 Å². The third-order valence-corrected chi connectivity index (χ3v) is 13.0. The maximum atomic E-state index is 16.2. The van der Waals surface area contributed by atoms with Crippen LogP contribution in [-0.2, 0) is 38.4 Å². The molecule has 3 saturated heterocycles. The highest BCUT2D eigenvalue weighted by atomic mass is 16.2. The van der Waals surface area contributed by atoms with Crippen molar-refractivity contribution >= 4 is 88.2 Å². The van der Waals surface area contributed by atoms with Crippen molar-refractivity contribution in [1.82, 2.24) is 30.7 Å². The van der Waals surface area contributed by atoms with Crippen LogP contribution >= 0.6 is 0 Å². The van der Waals surface area contributed by atoms with E-state index in [2.05, 4.69) is 16.0 Å². The zero-order valence-corrected chi connectivity index (χ0v) is 36.0. The third-order valence-electron chi connectivity index (χ3n) is 13.0. The van der Waals surface area contributed by atoms with Gasteiger partial charge in [0.2, 0.25) is 47.3 Å². The predicted molar refractivity (Wildman–Crippen MR) is 226 cm³/mol. The zero-order valence-electron chi connectivity index (χ0n) is 36.0. The fourth-order valence-corrected chi connectivity index (χ4v) is 10.1. The summed E-state index contributed by atoms with van der Waals surface area (Å²) in [7, 11) is 0. The van der Waals surface area contributed by atoms with Crippen molar-refractivity contribution < 1.29 is 62.3 Å². The highest BCUT2D eigenvalue weighted by Crippen LogP contribution is 2.49. The molecule has 6 aliphatic heterocycles. The normalized spacial score (nSPS) is 23.2. The minimum absolute atomic E-state index is 0.0277. The van der Waals surface area contributed by atoms with Gasteiger partial charge in [0.05, 0.1) is 39.5 Å². The van der Waals surface area contributed by atoms with Gasteiger partial charge in [0.15, 0.2) is 0 Å². The quantitative estimate of drug-likeness (QED) is 0.228. The lowest BCUT2D eigenvalue weighted by molar-refractivity contribution is -0.139. The van der Waals surface area contributed by atoms with Crippen LogP contribution in [0.4, 0.5) is 11.4 Å². The van der Waals surface area contributed by atoms with Gasteiger partial charge in [0, 0.05) is 30.4 Å². The lowest BCUT2D eigenvalue weighted by Crippen LogP contribution is -2.55. The molecule has 0 bridgehead atoms. The molecule has 5 atom stereocenters. The lowest BCUT2D eigenvalue weighted by Gasteiger charge is -2.38. The molecule has 0 aromatic heterocycles. The number of fused-ring (bicyclic) bond motifs is 3. The second-order valence-electron chi connectivity index (χ2n) is 18.1. The second-order valence-corrected chi connectivity index (χ2v) is 18.1. The number of amides is 13. The number of carbonyl (C=O) groups is 13. The number of piperidine rings is 3. The second kappa shape index (κ2) is 15.7. The summed E-state index contributed by atoms with van der Waals surface area (Å²) in [5.41, 5.74) is 2.91. The Bertz CT molecular complexity index is 2800. The Morgan fingerprint density at radius 3 is 1.42 bits per heavy atom. The zero-order chi connectivity index (χ0) is 48.1. The number of carbonyl (C=O) groups excluding carboxylic acids is 13. The average molecular weight is 913 g/mol. The van der Waals surface area contributed by atoms with Gasteiger partial charge in [-0.15, -0.1) is 0 Å². The molecule has 3 aromatic carbocycles. The summed E-state index contributed by atoms with van der Waals surface area (Å²) in [6.07, 6.45) is -1.08. The van der Waals surface area contributed by atoms with E-state index in [0.29, 0.717) is 9.80 Å². The van der Waals surface area contributed by atoms with Crippen LogP contribution in [-0.4, -0.2) is 110 Å². The monoisotopic (exact) mass is 912 g/mol. The van der Waals surface area contributed by atoms with Crippen molar-refractivity contribution in [2.75, 3.05) is 4.90 Å². The van der Waals surface area contributed by atoms with Crippen molar-refractivity contribution in [1.29, 1.82) is 0 Å². The molecule has 3 aromatic rings. The van der Waals surface area contributed by atoms with Gasteiger partial charge in [-0.05, 0) is 60.6 Å². The minimum atomic E-state index is -1.64. The first-order valence-corrected chi connectivity index (χ1v) is 21.3. The summed E-state index contributed by atoms with van der Waals surface area (Å²) in [6.45, 7) is 4.97. The number of rotatable bonds is 8. The molecule has 6 aliphatic rings. The summed E-state index contributed by atoms with van der Waals surface area (Å²) >= 11 is 0. The summed E-state index contributed by atoms with van der Waals surface area (Å²) in [5.74, 6) is -12.6. The van der Waals surface area contributed by atoms with Gasteiger partial charge >= 0.3 is 0 Å². The maximum absolute atomic E-state index is 16.2. The number of imide groups is 5. The molecule has 67 heavy (non-hydrogen) atoms. The van der Waals surface area contributed by atoms with E-state index in [4.69, 9.17) is 5.73 Å². The Kier molecular flexibility index (Phi) is 10.3. The summed E-state index contributed by atoms with van der Waals surface area (Å²) in [4.78, 5) is 181. The molecule has 3 fully saturated rings. The van der Waals surface area contributed by atoms with Crippen molar-refractivity contribution in [2.45, 2.75) is 89.4 Å². The van der Waals surface area contributed by atoms with E-state index in [1.165, 1.54) is 54.6 Å². The molecule has 21 heteroatoms. The summed E-state index contributed by atoms with van der Waals surface area (Å²) in [6, 6.07) is 6.43. The van der Waals surface area contributed by atoms with Crippen LogP contribution in [0, 0.1) is 5.41 Å². The van der Waals surface area contributed by atoms with E-state index in [0.717, 1.165) is 9.80 Å². The molecule has 6 heterocycles. The standard InChI is InChI=1S/C46H40N8O13/c1-46(2,3)34(19-7-4-8-20-31(19)35(36(47)58)52(40(20)62)25-13-16-28(55)48-37(25)59)45(67)51(23-11-5-9-21-32(23)43(65)53(41(21)63)26-14-17-29(56)49-38(26)60)24-12-6-10-22-33(24)44(66)54(42(22)64)27-15-18-30(57)50-39(27)61/h4-12,25-27,34-35H,13-18H2,1-3H3,(H2,47,58)(H,48,55,59)(H,49,56,60)(H,50,57,61). The molecule has 0 radical (unpaired) electrons. The van der Waals surface area contributed by atoms with Gasteiger partial charge in [-0.3, -0.25) is 93.0 Å². The van der Waals surface area contributed by atoms with E-state index in [-0.39, 0.29) is 88.8 Å². The van der Waals surface area contributed by atoms with Gasteiger partial charge < -0.3 is 10.6 Å². The Balaban J connectivity index is 1.24. The Morgan fingerprint density at radius 2 is 1.00 bits per heavy atom. The molecule has 5 N–H and O–H groups in total. The van der Waals surface area contributed by atoms with Crippen LogP contribution in [0.5, 0.6) is 0 Å². The van der Waals surface area contributed by atoms with Gasteiger partial charge in [0.1, 0.15) is 24.2 Å². The fraction of sp³-hybridized carbons (Fsp3) is 0.326. The first-order chi connectivity index (χ1) is 31.7. The predicted octanol–water partition coefficient (Wildman–Crippen LogP) is 0.771. The summed E-state index contributed by atoms with van der Waals surface area (Å²) < 4.78 is 0. The van der Waals surface area contributed by atoms with Gasteiger partial charge in [-0.2, -0.15) is 0 Å². The Morgan fingerprint density at radius 1 is 0.582 bits per heavy atom. The molecular formula is C46H40N8O13. The van der Waals surface area contributed by atoms with E-state index in [1.807, 2.05) is 0 Å². The topological polar surface area (TPSA) is 297 Å². The Labute approximate surface area is 379 Å². The number of nitrogens with two attached hydrogens (primary N) is 1. The third kappa shape index (κ3) is 6.78. The molecule has 9 rings (SSSR count). The van der Waals surface area contributed by atoms with Gasteiger partial charge in [0.25, 0.3) is 29.5 Å². The van der Waals surface area contributed by atoms with E-state index in [9.17, 15) is 57.5 Å². The van der Waals surface area contributed by atoms with Crippen LogP contribution in [0.2, 0.25) is 0 Å². The first-order valence-electron chi connectivity index (χ1n) is 21.3. The minimum Gasteiger partial charge on any atom is -0.368 e. The molecule has 0 saturated carbocycles. The van der Waals surface area contributed by atoms with Gasteiger partial charge in [-0.25, -0.2) is 0 Å². The smallest absolute Gasteiger partial charge is 0.264 e. The Hall–Kier alpha value is -8.23. The van der Waals surface area contributed by atoms with Crippen molar-refractivity contribution in [3.8, 4) is 0 Å². The van der Waals surface area contributed by atoms with Crippen LogP contribution < -0.4 is 26.6 Å². The molecule has 13 amide bonds. The largest absolute Gasteiger partial charge is 0.368 e. The molecule has 21 nitrogen and oxygen atoms in total. The SMILES string of the molecule is CC(C)(C)C(C(=O)N(c1cccc2c1C(=O)N(C1CCC(=O)NC1=O)C2=O)c1cccc2c1C(=O)N(C1CCC(=O)NC1=O)C2=O)c1cccc2c1C(C(N)=O)N(C1CCC(=O)NC1=O)C2=O. The fourth-order valence-electron chi connectivity index (χ4n) is 10.1. The molecule has 5 unspecified atom stereocenters. The highest BCUT2D eigenvalue weighted by molar-refractivity contribution is 6.30. The number of primary amides is 1. The highest BCUT2D eigenvalue weighted by Gasteiger charge is 2.53. The lowest BCUT2D eigenvalue weighted by atomic mass is 9.72. The number of anilines is 2. The van der Waals surface area contributed by atoms with Crippen molar-refractivity contribution in [3.63, 3.8) is 0 Å². The van der Waals surface area contributed by atoms with Crippen molar-refractivity contribution in [3.05, 3.63) is 93.5 Å². The van der Waals surface area contributed by atoms with Crippen LogP contribution in [0.25, 0.3) is 0 Å². The number of benzene rings is 3. The number of hydrogen-bond donors (Lipinski definition) is 4. The van der Waals surface area contributed by atoms with E-state index < -0.39 is 112 Å². The molecule has 0 aliphatic carbocycles.